The molecule has 1 amide bonds. The number of carbonyl (C=O) groups is 1. The van der Waals surface area contributed by atoms with E-state index in [-0.39, 0.29) is 5.91 Å². The molecule has 1 aromatic carbocycles. The maximum Gasteiger partial charge on any atom is 0.271 e. The van der Waals surface area contributed by atoms with Gasteiger partial charge in [-0.3, -0.25) is 4.79 Å². The summed E-state index contributed by atoms with van der Waals surface area (Å²) in [4.78, 5) is 11.9. The van der Waals surface area contributed by atoms with Crippen LogP contribution in [0.5, 0.6) is 0 Å². The van der Waals surface area contributed by atoms with Crippen molar-refractivity contribution in [2.24, 2.45) is 0 Å². The number of amides is 1. The first-order valence-corrected chi connectivity index (χ1v) is 7.56. The van der Waals surface area contributed by atoms with Gasteiger partial charge in [-0.05, 0) is 43.5 Å². The van der Waals surface area contributed by atoms with E-state index in [0.717, 1.165) is 23.2 Å². The molecule has 0 saturated carbocycles. The quantitative estimate of drug-likeness (QED) is 0.768. The number of anilines is 2. The van der Waals surface area contributed by atoms with Crippen LogP contribution in [0.2, 0.25) is 0 Å². The van der Waals surface area contributed by atoms with Gasteiger partial charge in [0.2, 0.25) is 0 Å². The molecule has 0 spiro atoms. The van der Waals surface area contributed by atoms with Crippen LogP contribution in [-0.2, 0) is 4.74 Å². The molecule has 23 heavy (non-hydrogen) atoms. The number of nitrogens with zero attached hydrogens (tertiary/aromatic N) is 2. The lowest BCUT2D eigenvalue weighted by Gasteiger charge is -2.11. The van der Waals surface area contributed by atoms with Crippen molar-refractivity contribution in [3.8, 4) is 0 Å². The molecule has 6 heteroatoms. The van der Waals surface area contributed by atoms with Crippen LogP contribution in [0.15, 0.2) is 30.3 Å². The van der Waals surface area contributed by atoms with Gasteiger partial charge in [0.1, 0.15) is 0 Å². The van der Waals surface area contributed by atoms with E-state index in [4.69, 9.17) is 4.74 Å². The summed E-state index contributed by atoms with van der Waals surface area (Å²) in [5, 5.41) is 14.1. The molecule has 0 atom stereocenters. The molecule has 0 aliphatic heterocycles. The second-order valence-electron chi connectivity index (χ2n) is 5.30. The number of methoxy groups -OCH3 is 1. The van der Waals surface area contributed by atoms with E-state index in [1.807, 2.05) is 32.0 Å². The predicted octanol–water partition coefficient (Wildman–Crippen LogP) is 2.60. The summed E-state index contributed by atoms with van der Waals surface area (Å²) < 4.78 is 4.93. The van der Waals surface area contributed by atoms with E-state index in [0.29, 0.717) is 24.7 Å². The number of benzene rings is 1. The van der Waals surface area contributed by atoms with Crippen LogP contribution in [0.1, 0.15) is 28.0 Å². The van der Waals surface area contributed by atoms with Gasteiger partial charge in [-0.2, -0.15) is 0 Å². The van der Waals surface area contributed by atoms with Gasteiger partial charge in [-0.25, -0.2) is 0 Å². The Morgan fingerprint density at radius 2 is 1.87 bits per heavy atom. The van der Waals surface area contributed by atoms with Crippen LogP contribution in [0.4, 0.5) is 11.5 Å². The van der Waals surface area contributed by atoms with Gasteiger partial charge in [-0.1, -0.05) is 18.2 Å². The Balaban J connectivity index is 1.98. The minimum atomic E-state index is -0.229. The molecule has 0 saturated heterocycles. The largest absolute Gasteiger partial charge is 0.385 e. The third-order valence-electron chi connectivity index (χ3n) is 3.44. The lowest BCUT2D eigenvalue weighted by Crippen LogP contribution is -2.26. The molecule has 0 fully saturated rings. The van der Waals surface area contributed by atoms with Crippen LogP contribution in [0.3, 0.4) is 0 Å². The Bertz CT molecular complexity index is 636. The molecular weight excluding hydrogens is 292 g/mol. The average Bonchev–Trinajstić information content (AvgIpc) is 2.55. The van der Waals surface area contributed by atoms with Gasteiger partial charge >= 0.3 is 0 Å². The monoisotopic (exact) mass is 314 g/mol. The number of nitrogens with one attached hydrogen (secondary N) is 2. The molecule has 0 aliphatic rings. The molecule has 6 nitrogen and oxygen atoms in total. The topological polar surface area (TPSA) is 76.1 Å². The first-order chi connectivity index (χ1) is 11.1. The zero-order chi connectivity index (χ0) is 16.7. The van der Waals surface area contributed by atoms with Crippen molar-refractivity contribution < 1.29 is 9.53 Å². The molecule has 1 aromatic heterocycles. The van der Waals surface area contributed by atoms with Crippen LogP contribution in [0, 0.1) is 13.8 Å². The average molecular weight is 314 g/mol. The molecule has 122 valence electrons. The Morgan fingerprint density at radius 1 is 1.13 bits per heavy atom. The van der Waals surface area contributed by atoms with Crippen molar-refractivity contribution >= 4 is 17.4 Å². The summed E-state index contributed by atoms with van der Waals surface area (Å²) in [5.74, 6) is 0.380. The molecule has 0 radical (unpaired) electrons. The van der Waals surface area contributed by atoms with Gasteiger partial charge in [-0.15, -0.1) is 10.2 Å². The third kappa shape index (κ3) is 4.75. The Kier molecular flexibility index (Phi) is 6.05. The van der Waals surface area contributed by atoms with Crippen LogP contribution in [-0.4, -0.2) is 36.4 Å². The Hall–Kier alpha value is -2.47. The third-order valence-corrected chi connectivity index (χ3v) is 3.44. The fourth-order valence-electron chi connectivity index (χ4n) is 2.17. The van der Waals surface area contributed by atoms with Crippen molar-refractivity contribution in [2.75, 3.05) is 25.6 Å². The smallest absolute Gasteiger partial charge is 0.271 e. The second kappa shape index (κ2) is 8.24. The van der Waals surface area contributed by atoms with E-state index in [9.17, 15) is 4.79 Å². The minimum absolute atomic E-state index is 0.229. The van der Waals surface area contributed by atoms with Gasteiger partial charge in [0.15, 0.2) is 11.5 Å². The summed E-state index contributed by atoms with van der Waals surface area (Å²) in [6.45, 7) is 5.23. The normalized spacial score (nSPS) is 10.4. The molecule has 2 rings (SSSR count). The first kappa shape index (κ1) is 16.9. The fourth-order valence-corrected chi connectivity index (χ4v) is 2.17. The number of hydrogen-bond acceptors (Lipinski definition) is 5. The zero-order valence-corrected chi connectivity index (χ0v) is 13.7. The van der Waals surface area contributed by atoms with Gasteiger partial charge in [0.25, 0.3) is 5.91 Å². The lowest BCUT2D eigenvalue weighted by atomic mass is 10.1. The maximum atomic E-state index is 11.9. The Morgan fingerprint density at radius 3 is 2.48 bits per heavy atom. The van der Waals surface area contributed by atoms with E-state index in [1.54, 1.807) is 19.2 Å². The van der Waals surface area contributed by atoms with Crippen molar-refractivity contribution in [3.63, 3.8) is 0 Å². The number of aromatic nitrogens is 2. The highest BCUT2D eigenvalue weighted by molar-refractivity contribution is 5.92. The SMILES string of the molecule is COCCCNC(=O)c1ccc(Nc2c(C)cccc2C)nn1. The lowest BCUT2D eigenvalue weighted by molar-refractivity contribution is 0.0942. The summed E-state index contributed by atoms with van der Waals surface area (Å²) in [5.41, 5.74) is 3.58. The van der Waals surface area contributed by atoms with Crippen molar-refractivity contribution in [2.45, 2.75) is 20.3 Å². The summed E-state index contributed by atoms with van der Waals surface area (Å²) in [6.07, 6.45) is 0.766. The number of ether oxygens (including phenoxy) is 1. The van der Waals surface area contributed by atoms with Gasteiger partial charge in [0, 0.05) is 25.9 Å². The highest BCUT2D eigenvalue weighted by Crippen LogP contribution is 2.22. The van der Waals surface area contributed by atoms with Crippen LogP contribution >= 0.6 is 0 Å². The second-order valence-corrected chi connectivity index (χ2v) is 5.30. The molecular formula is C17H22N4O2. The number of aryl methyl sites for hydroxylation is 2. The first-order valence-electron chi connectivity index (χ1n) is 7.56. The predicted molar refractivity (Wildman–Crippen MR) is 90.1 cm³/mol. The number of hydrogen-bond donors (Lipinski definition) is 2. The van der Waals surface area contributed by atoms with E-state index in [2.05, 4.69) is 20.8 Å². The summed E-state index contributed by atoms with van der Waals surface area (Å²) in [7, 11) is 1.63. The molecule has 1 heterocycles. The molecule has 0 unspecified atom stereocenters. The molecule has 0 aliphatic carbocycles. The van der Waals surface area contributed by atoms with E-state index in [1.165, 1.54) is 0 Å². The highest BCUT2D eigenvalue weighted by Gasteiger charge is 2.08. The molecule has 2 aromatic rings. The molecule has 2 N–H and O–H groups in total. The van der Waals surface area contributed by atoms with Crippen LogP contribution < -0.4 is 10.6 Å². The van der Waals surface area contributed by atoms with E-state index >= 15 is 0 Å². The van der Waals surface area contributed by atoms with Gasteiger partial charge in [0.05, 0.1) is 0 Å². The minimum Gasteiger partial charge on any atom is -0.385 e. The number of carbonyl (C=O) groups excluding carboxylic acids is 1. The maximum absolute atomic E-state index is 11.9. The van der Waals surface area contributed by atoms with Crippen LogP contribution in [0.25, 0.3) is 0 Å². The Labute approximate surface area is 136 Å². The molecule has 0 bridgehead atoms. The van der Waals surface area contributed by atoms with E-state index < -0.39 is 0 Å². The zero-order valence-electron chi connectivity index (χ0n) is 13.7. The summed E-state index contributed by atoms with van der Waals surface area (Å²) in [6, 6.07) is 9.49. The fraction of sp³-hybridized carbons (Fsp3) is 0.353. The standard InChI is InChI=1S/C17H22N4O2/c1-12-6-4-7-13(2)16(12)19-15-9-8-14(20-21-15)17(22)18-10-5-11-23-3/h4,6-9H,5,10-11H2,1-3H3,(H,18,22)(H,19,21). The summed E-state index contributed by atoms with van der Waals surface area (Å²) >= 11 is 0. The number of rotatable bonds is 7. The van der Waals surface area contributed by atoms with Gasteiger partial charge < -0.3 is 15.4 Å². The van der Waals surface area contributed by atoms with Crippen molar-refractivity contribution in [1.82, 2.24) is 15.5 Å². The van der Waals surface area contributed by atoms with Crippen molar-refractivity contribution in [1.29, 1.82) is 0 Å². The number of para-hydroxylation sites is 1. The van der Waals surface area contributed by atoms with Crippen molar-refractivity contribution in [3.05, 3.63) is 47.2 Å². The highest BCUT2D eigenvalue weighted by atomic mass is 16.5.